The van der Waals surface area contributed by atoms with Gasteiger partial charge in [0.25, 0.3) is 0 Å². The molecular weight excluding hydrogens is 288 g/mol. The van der Waals surface area contributed by atoms with Crippen LogP contribution < -0.4 is 0 Å². The lowest BCUT2D eigenvalue weighted by Gasteiger charge is -2.35. The number of piperidine rings is 1. The molecule has 1 aromatic rings. The molecule has 0 N–H and O–H groups in total. The summed E-state index contributed by atoms with van der Waals surface area (Å²) in [6.07, 6.45) is 6.67. The molecule has 1 aromatic heterocycles. The van der Waals surface area contributed by atoms with E-state index < -0.39 is 0 Å². The number of hydrogen-bond acceptors (Lipinski definition) is 3. The minimum atomic E-state index is 0.277. The van der Waals surface area contributed by atoms with Crippen LogP contribution in [-0.4, -0.2) is 64.5 Å². The monoisotopic (exact) mass is 314 g/mol. The van der Waals surface area contributed by atoms with Gasteiger partial charge in [0.1, 0.15) is 0 Å². The van der Waals surface area contributed by atoms with Crippen LogP contribution in [-0.2, 0) is 6.54 Å². The summed E-state index contributed by atoms with van der Waals surface area (Å²) in [5.74, 6) is 0.615. The molecule has 4 saturated heterocycles. The number of amides is 2. The lowest BCUT2D eigenvalue weighted by Crippen LogP contribution is -2.46. The van der Waals surface area contributed by atoms with Gasteiger partial charge in [0, 0.05) is 51.5 Å². The number of aromatic nitrogens is 1. The van der Waals surface area contributed by atoms with Gasteiger partial charge in [0.05, 0.1) is 5.69 Å². The predicted octanol–water partition coefficient (Wildman–Crippen LogP) is 2.19. The third-order valence-electron chi connectivity index (χ3n) is 5.57. The number of fused-ring (bicyclic) bond motifs is 4. The summed E-state index contributed by atoms with van der Waals surface area (Å²) in [5.41, 5.74) is 1.14. The number of likely N-dealkylation sites (tertiary alicyclic amines) is 1. The number of nitrogens with zero attached hydrogens (tertiary/aromatic N) is 4. The quantitative estimate of drug-likeness (QED) is 0.840. The molecule has 0 unspecified atom stereocenters. The van der Waals surface area contributed by atoms with E-state index in [1.807, 2.05) is 17.2 Å². The number of urea groups is 1. The van der Waals surface area contributed by atoms with E-state index in [9.17, 15) is 4.79 Å². The van der Waals surface area contributed by atoms with Crippen molar-refractivity contribution in [2.45, 2.75) is 38.3 Å². The van der Waals surface area contributed by atoms with Crippen LogP contribution in [0.5, 0.6) is 0 Å². The van der Waals surface area contributed by atoms with Crippen molar-refractivity contribution in [1.29, 1.82) is 0 Å². The van der Waals surface area contributed by atoms with Gasteiger partial charge in [0.15, 0.2) is 0 Å². The smallest absolute Gasteiger partial charge is 0.320 e. The van der Waals surface area contributed by atoms with Crippen molar-refractivity contribution in [3.63, 3.8) is 0 Å². The molecule has 4 aliphatic heterocycles. The van der Waals surface area contributed by atoms with E-state index in [0.717, 1.165) is 57.8 Å². The van der Waals surface area contributed by atoms with Gasteiger partial charge in [-0.05, 0) is 43.7 Å². The van der Waals surface area contributed by atoms with Gasteiger partial charge in [-0.1, -0.05) is 6.07 Å². The summed E-state index contributed by atoms with van der Waals surface area (Å²) in [6.45, 7) is 5.73. The molecule has 2 atom stereocenters. The minimum Gasteiger partial charge on any atom is -0.325 e. The first-order chi connectivity index (χ1) is 11.3. The fraction of sp³-hybridized carbons (Fsp3) is 0.667. The van der Waals surface area contributed by atoms with Crippen LogP contribution in [0.25, 0.3) is 0 Å². The molecule has 0 spiro atoms. The average Bonchev–Trinajstić information content (AvgIpc) is 2.97. The number of hydrogen-bond donors (Lipinski definition) is 0. The van der Waals surface area contributed by atoms with Gasteiger partial charge >= 0.3 is 6.03 Å². The lowest BCUT2D eigenvalue weighted by molar-refractivity contribution is 0.121. The molecule has 4 aliphatic rings. The summed E-state index contributed by atoms with van der Waals surface area (Å²) >= 11 is 0. The first-order valence-corrected chi connectivity index (χ1v) is 8.97. The lowest BCUT2D eigenvalue weighted by atomic mass is 9.95. The van der Waals surface area contributed by atoms with Crippen LogP contribution in [0.15, 0.2) is 24.4 Å². The SMILES string of the molecule is O=C(N1CCCC1)N1C[C@@H]2CC[C@H](C1)N(Cc1ccccn1)C2. The Morgan fingerprint density at radius 1 is 1.09 bits per heavy atom. The van der Waals surface area contributed by atoms with Gasteiger partial charge in [-0.2, -0.15) is 0 Å². The summed E-state index contributed by atoms with van der Waals surface area (Å²) in [7, 11) is 0. The molecular formula is C18H26N4O. The third kappa shape index (κ3) is 3.20. The van der Waals surface area contributed by atoms with Crippen molar-refractivity contribution in [3.8, 4) is 0 Å². The van der Waals surface area contributed by atoms with Crippen LogP contribution in [0, 0.1) is 5.92 Å². The minimum absolute atomic E-state index is 0.277. The molecule has 5 heteroatoms. The van der Waals surface area contributed by atoms with E-state index in [1.54, 1.807) is 0 Å². The second-order valence-corrected chi connectivity index (χ2v) is 7.23. The van der Waals surface area contributed by atoms with Gasteiger partial charge in [0.2, 0.25) is 0 Å². The van der Waals surface area contributed by atoms with Crippen LogP contribution in [0.4, 0.5) is 4.79 Å². The van der Waals surface area contributed by atoms with Crippen molar-refractivity contribution >= 4 is 6.03 Å². The molecule has 0 aliphatic carbocycles. The summed E-state index contributed by atoms with van der Waals surface area (Å²) < 4.78 is 0. The molecule has 0 radical (unpaired) electrons. The molecule has 124 valence electrons. The topological polar surface area (TPSA) is 39.7 Å². The van der Waals surface area contributed by atoms with E-state index in [0.29, 0.717) is 12.0 Å². The average molecular weight is 314 g/mol. The fourth-order valence-electron chi connectivity index (χ4n) is 4.34. The van der Waals surface area contributed by atoms with E-state index in [4.69, 9.17) is 0 Å². The predicted molar refractivity (Wildman–Crippen MR) is 88.9 cm³/mol. The van der Waals surface area contributed by atoms with Gasteiger partial charge in [-0.25, -0.2) is 4.79 Å². The largest absolute Gasteiger partial charge is 0.325 e. The first kappa shape index (κ1) is 14.9. The standard InChI is InChI=1S/C18H26N4O/c23-18(20-9-3-4-10-20)22-12-15-6-7-17(14-22)21(11-15)13-16-5-1-2-8-19-16/h1-2,5,8,15,17H,3-4,6-7,9-14H2/t15-,17-/m1/s1. The fourth-order valence-corrected chi connectivity index (χ4v) is 4.34. The van der Waals surface area contributed by atoms with Crippen LogP contribution >= 0.6 is 0 Å². The molecule has 5 heterocycles. The third-order valence-corrected chi connectivity index (χ3v) is 5.57. The maximum absolute atomic E-state index is 12.8. The molecule has 0 saturated carbocycles. The number of pyridine rings is 1. The summed E-state index contributed by atoms with van der Waals surface area (Å²) in [4.78, 5) is 24.0. The highest BCUT2D eigenvalue weighted by Gasteiger charge is 2.37. The molecule has 4 fully saturated rings. The van der Waals surface area contributed by atoms with Crippen LogP contribution in [0.2, 0.25) is 0 Å². The molecule has 5 rings (SSSR count). The highest BCUT2D eigenvalue weighted by atomic mass is 16.2. The number of carbonyl (C=O) groups is 1. The molecule has 2 amide bonds. The Bertz CT molecular complexity index is 543. The second kappa shape index (κ2) is 6.48. The number of rotatable bonds is 2. The Hall–Kier alpha value is -1.62. The van der Waals surface area contributed by atoms with Gasteiger partial charge < -0.3 is 9.80 Å². The Balaban J connectivity index is 1.45. The van der Waals surface area contributed by atoms with Crippen LogP contribution in [0.1, 0.15) is 31.4 Å². The Morgan fingerprint density at radius 2 is 1.96 bits per heavy atom. The normalized spacial score (nSPS) is 28.2. The second-order valence-electron chi connectivity index (χ2n) is 7.23. The number of carbonyl (C=O) groups excluding carboxylic acids is 1. The summed E-state index contributed by atoms with van der Waals surface area (Å²) in [6, 6.07) is 6.89. The zero-order valence-electron chi connectivity index (χ0n) is 13.7. The zero-order chi connectivity index (χ0) is 15.6. The van der Waals surface area contributed by atoms with Gasteiger partial charge in [-0.3, -0.25) is 9.88 Å². The first-order valence-electron chi connectivity index (χ1n) is 8.97. The Kier molecular flexibility index (Phi) is 4.21. The highest BCUT2D eigenvalue weighted by Crippen LogP contribution is 2.29. The molecule has 23 heavy (non-hydrogen) atoms. The Morgan fingerprint density at radius 3 is 2.74 bits per heavy atom. The maximum Gasteiger partial charge on any atom is 0.320 e. The van der Waals surface area contributed by atoms with Gasteiger partial charge in [-0.15, -0.1) is 0 Å². The van der Waals surface area contributed by atoms with Crippen LogP contribution in [0.3, 0.4) is 0 Å². The van der Waals surface area contributed by atoms with Crippen molar-refractivity contribution < 1.29 is 4.79 Å². The van der Waals surface area contributed by atoms with Crippen molar-refractivity contribution in [2.75, 3.05) is 32.7 Å². The van der Waals surface area contributed by atoms with E-state index in [1.165, 1.54) is 12.8 Å². The van der Waals surface area contributed by atoms with Crippen molar-refractivity contribution in [1.82, 2.24) is 19.7 Å². The van der Waals surface area contributed by atoms with Crippen molar-refractivity contribution in [2.24, 2.45) is 5.92 Å². The maximum atomic E-state index is 12.8. The van der Waals surface area contributed by atoms with E-state index >= 15 is 0 Å². The Labute approximate surface area is 138 Å². The summed E-state index contributed by atoms with van der Waals surface area (Å²) in [5, 5.41) is 0. The van der Waals surface area contributed by atoms with Crippen molar-refractivity contribution in [3.05, 3.63) is 30.1 Å². The zero-order valence-corrected chi connectivity index (χ0v) is 13.7. The molecule has 0 aromatic carbocycles. The molecule has 5 nitrogen and oxygen atoms in total. The van der Waals surface area contributed by atoms with E-state index in [-0.39, 0.29) is 6.03 Å². The highest BCUT2D eigenvalue weighted by molar-refractivity contribution is 5.74. The van der Waals surface area contributed by atoms with E-state index in [2.05, 4.69) is 26.9 Å². The molecule has 2 bridgehead atoms.